The number of nitrogens with zero attached hydrogens (tertiary/aromatic N) is 3. The van der Waals surface area contributed by atoms with E-state index in [1.807, 2.05) is 24.0 Å². The average Bonchev–Trinajstić information content (AvgIpc) is 3.24. The van der Waals surface area contributed by atoms with Crippen molar-refractivity contribution in [2.24, 2.45) is 0 Å². The lowest BCUT2D eigenvalue weighted by Gasteiger charge is -2.30. The second-order valence-corrected chi connectivity index (χ2v) is 6.13. The summed E-state index contributed by atoms with van der Waals surface area (Å²) in [7, 11) is 1.63. The monoisotopic (exact) mass is 345 g/mol. The standard InChI is InChI=1S/C18H23N3O4/c1-12-16(7-9-24-12)21(8-10-23-3)18(22)15-6-4-5-14(11-15)17-20-19-13(2)25-17/h4-6,11-12,16H,7-10H2,1-3H3. The first-order chi connectivity index (χ1) is 12.1. The van der Waals surface area contributed by atoms with Crippen molar-refractivity contribution in [3.8, 4) is 11.5 Å². The molecular weight excluding hydrogens is 322 g/mol. The summed E-state index contributed by atoms with van der Waals surface area (Å²) in [5, 5.41) is 7.86. The molecule has 1 aromatic carbocycles. The molecule has 2 unspecified atom stereocenters. The molecule has 1 fully saturated rings. The third-order valence-corrected chi connectivity index (χ3v) is 4.42. The van der Waals surface area contributed by atoms with Gasteiger partial charge in [0.25, 0.3) is 5.91 Å². The van der Waals surface area contributed by atoms with Gasteiger partial charge >= 0.3 is 0 Å². The summed E-state index contributed by atoms with van der Waals surface area (Å²) in [4.78, 5) is 15.0. The maximum Gasteiger partial charge on any atom is 0.254 e. The van der Waals surface area contributed by atoms with Crippen LogP contribution in [0.15, 0.2) is 28.7 Å². The minimum Gasteiger partial charge on any atom is -0.421 e. The number of rotatable bonds is 6. The van der Waals surface area contributed by atoms with Crippen LogP contribution < -0.4 is 0 Å². The zero-order valence-electron chi connectivity index (χ0n) is 14.8. The highest BCUT2D eigenvalue weighted by Crippen LogP contribution is 2.24. The van der Waals surface area contributed by atoms with Gasteiger partial charge in [0.2, 0.25) is 11.8 Å². The van der Waals surface area contributed by atoms with E-state index in [9.17, 15) is 4.79 Å². The van der Waals surface area contributed by atoms with Crippen LogP contribution in [0.1, 0.15) is 29.6 Å². The van der Waals surface area contributed by atoms with Crippen LogP contribution in [-0.4, -0.2) is 60.0 Å². The molecule has 1 saturated heterocycles. The summed E-state index contributed by atoms with van der Waals surface area (Å²) in [6, 6.07) is 7.32. The quantitative estimate of drug-likeness (QED) is 0.799. The molecular formula is C18H23N3O4. The van der Waals surface area contributed by atoms with E-state index in [1.165, 1.54) is 0 Å². The van der Waals surface area contributed by atoms with E-state index < -0.39 is 0 Å². The molecule has 3 rings (SSSR count). The highest BCUT2D eigenvalue weighted by molar-refractivity contribution is 5.95. The number of aryl methyl sites for hydroxylation is 1. The third kappa shape index (κ3) is 3.88. The maximum atomic E-state index is 13.1. The Bertz CT molecular complexity index is 731. The molecule has 1 aliphatic rings. The van der Waals surface area contributed by atoms with Crippen molar-refractivity contribution in [1.82, 2.24) is 15.1 Å². The smallest absolute Gasteiger partial charge is 0.254 e. The van der Waals surface area contributed by atoms with E-state index in [1.54, 1.807) is 26.2 Å². The van der Waals surface area contributed by atoms with Gasteiger partial charge in [0.05, 0.1) is 18.8 Å². The molecule has 7 nitrogen and oxygen atoms in total. The fourth-order valence-electron chi connectivity index (χ4n) is 3.10. The number of benzene rings is 1. The number of carbonyl (C=O) groups is 1. The molecule has 2 aromatic rings. The number of hydrogen-bond acceptors (Lipinski definition) is 6. The summed E-state index contributed by atoms with van der Waals surface area (Å²) < 4.78 is 16.3. The largest absolute Gasteiger partial charge is 0.421 e. The molecule has 2 heterocycles. The first kappa shape index (κ1) is 17.6. The van der Waals surface area contributed by atoms with Crippen molar-refractivity contribution < 1.29 is 18.7 Å². The van der Waals surface area contributed by atoms with Crippen LogP contribution in [0.2, 0.25) is 0 Å². The topological polar surface area (TPSA) is 77.7 Å². The van der Waals surface area contributed by atoms with Gasteiger partial charge in [0.1, 0.15) is 0 Å². The van der Waals surface area contributed by atoms with Crippen LogP contribution in [-0.2, 0) is 9.47 Å². The van der Waals surface area contributed by atoms with Crippen molar-refractivity contribution in [2.45, 2.75) is 32.4 Å². The van der Waals surface area contributed by atoms with Gasteiger partial charge in [-0.3, -0.25) is 4.79 Å². The van der Waals surface area contributed by atoms with Crippen molar-refractivity contribution in [3.05, 3.63) is 35.7 Å². The van der Waals surface area contributed by atoms with E-state index in [4.69, 9.17) is 13.9 Å². The molecule has 134 valence electrons. The summed E-state index contributed by atoms with van der Waals surface area (Å²) in [6.45, 7) is 5.42. The summed E-state index contributed by atoms with van der Waals surface area (Å²) in [6.07, 6.45) is 0.849. The Morgan fingerprint density at radius 2 is 2.24 bits per heavy atom. The number of aromatic nitrogens is 2. The number of methoxy groups -OCH3 is 1. The molecule has 2 atom stereocenters. The highest BCUT2D eigenvalue weighted by Gasteiger charge is 2.33. The SMILES string of the molecule is COCCN(C(=O)c1cccc(-c2nnc(C)o2)c1)C1CCOC1C. The van der Waals surface area contributed by atoms with Gasteiger partial charge < -0.3 is 18.8 Å². The molecule has 1 amide bonds. The van der Waals surface area contributed by atoms with E-state index in [0.717, 1.165) is 12.0 Å². The van der Waals surface area contributed by atoms with Gasteiger partial charge in [0.15, 0.2) is 0 Å². The van der Waals surface area contributed by atoms with Crippen molar-refractivity contribution in [1.29, 1.82) is 0 Å². The molecule has 0 aliphatic carbocycles. The van der Waals surface area contributed by atoms with Crippen molar-refractivity contribution >= 4 is 5.91 Å². The van der Waals surface area contributed by atoms with E-state index >= 15 is 0 Å². The third-order valence-electron chi connectivity index (χ3n) is 4.42. The fourth-order valence-corrected chi connectivity index (χ4v) is 3.10. The lowest BCUT2D eigenvalue weighted by molar-refractivity contribution is 0.0425. The molecule has 0 bridgehead atoms. The fraction of sp³-hybridized carbons (Fsp3) is 0.500. The average molecular weight is 345 g/mol. The van der Waals surface area contributed by atoms with Crippen LogP contribution in [0.3, 0.4) is 0 Å². The van der Waals surface area contributed by atoms with Gasteiger partial charge in [0, 0.05) is 38.3 Å². The summed E-state index contributed by atoms with van der Waals surface area (Å²) in [5.74, 6) is 0.857. The Balaban J connectivity index is 1.86. The van der Waals surface area contributed by atoms with Gasteiger partial charge in [-0.15, -0.1) is 10.2 Å². The van der Waals surface area contributed by atoms with Crippen LogP contribution >= 0.6 is 0 Å². The van der Waals surface area contributed by atoms with Gasteiger partial charge in [-0.1, -0.05) is 6.07 Å². The Morgan fingerprint density at radius 3 is 2.88 bits per heavy atom. The van der Waals surface area contributed by atoms with Crippen LogP contribution in [0.25, 0.3) is 11.5 Å². The number of carbonyl (C=O) groups excluding carboxylic acids is 1. The lowest BCUT2D eigenvalue weighted by Crippen LogP contribution is -2.45. The van der Waals surface area contributed by atoms with Gasteiger partial charge in [-0.05, 0) is 31.5 Å². The molecule has 1 aromatic heterocycles. The first-order valence-electron chi connectivity index (χ1n) is 8.42. The van der Waals surface area contributed by atoms with Gasteiger partial charge in [-0.2, -0.15) is 0 Å². The van der Waals surface area contributed by atoms with Crippen molar-refractivity contribution in [2.75, 3.05) is 26.9 Å². The summed E-state index contributed by atoms with van der Waals surface area (Å²) in [5.41, 5.74) is 1.32. The molecule has 25 heavy (non-hydrogen) atoms. The Kier molecular flexibility index (Phi) is 5.45. The Morgan fingerprint density at radius 1 is 1.40 bits per heavy atom. The Labute approximate surface area is 146 Å². The second kappa shape index (κ2) is 7.76. The number of hydrogen-bond donors (Lipinski definition) is 0. The predicted octanol–water partition coefficient (Wildman–Crippen LogP) is 2.31. The van der Waals surface area contributed by atoms with Gasteiger partial charge in [-0.25, -0.2) is 0 Å². The normalized spacial score (nSPS) is 20.0. The zero-order valence-corrected chi connectivity index (χ0v) is 14.8. The first-order valence-corrected chi connectivity index (χ1v) is 8.42. The minimum absolute atomic E-state index is 0.0163. The molecule has 0 N–H and O–H groups in total. The number of ether oxygens (including phenoxy) is 2. The lowest BCUT2D eigenvalue weighted by atomic mass is 10.1. The summed E-state index contributed by atoms with van der Waals surface area (Å²) >= 11 is 0. The molecule has 0 spiro atoms. The van der Waals surface area contributed by atoms with Crippen LogP contribution in [0, 0.1) is 6.92 Å². The van der Waals surface area contributed by atoms with Crippen LogP contribution in [0.5, 0.6) is 0 Å². The van der Waals surface area contributed by atoms with Crippen LogP contribution in [0.4, 0.5) is 0 Å². The molecule has 1 aliphatic heterocycles. The van der Waals surface area contributed by atoms with E-state index in [2.05, 4.69) is 10.2 Å². The highest BCUT2D eigenvalue weighted by atomic mass is 16.5. The second-order valence-electron chi connectivity index (χ2n) is 6.13. The van der Waals surface area contributed by atoms with Crippen molar-refractivity contribution in [3.63, 3.8) is 0 Å². The van der Waals surface area contributed by atoms with E-state index in [-0.39, 0.29) is 18.1 Å². The zero-order chi connectivity index (χ0) is 17.8. The minimum atomic E-state index is -0.0440. The Hall–Kier alpha value is -2.25. The maximum absolute atomic E-state index is 13.1. The predicted molar refractivity (Wildman–Crippen MR) is 91.2 cm³/mol. The molecule has 7 heteroatoms. The van der Waals surface area contributed by atoms with E-state index in [0.29, 0.717) is 37.1 Å². The molecule has 0 saturated carbocycles. The molecule has 0 radical (unpaired) electrons. The number of amides is 1.